The monoisotopic (exact) mass is 384 g/mol. The highest BCUT2D eigenvalue weighted by molar-refractivity contribution is 6.03. The number of likely N-dealkylation sites (tertiary alicyclic amines) is 1. The van der Waals surface area contributed by atoms with Crippen molar-refractivity contribution in [1.82, 2.24) is 14.5 Å². The lowest BCUT2D eigenvalue weighted by Gasteiger charge is -2.24. The molecule has 2 amide bonds. The SMILES string of the molecule is CC(C)(C)OC(=O)N1CC[C@H](n2ccc(NC(=O)c3ccccc3)nc2=O)C1. The summed E-state index contributed by atoms with van der Waals surface area (Å²) >= 11 is 0. The summed E-state index contributed by atoms with van der Waals surface area (Å²) in [6.07, 6.45) is 1.85. The third-order valence-corrected chi connectivity index (χ3v) is 4.32. The van der Waals surface area contributed by atoms with Gasteiger partial charge in [0.05, 0.1) is 6.04 Å². The Morgan fingerprint density at radius 2 is 1.89 bits per heavy atom. The number of carbonyl (C=O) groups excluding carboxylic acids is 2. The summed E-state index contributed by atoms with van der Waals surface area (Å²) in [5.41, 5.74) is -0.550. The molecule has 1 aromatic heterocycles. The molecular weight excluding hydrogens is 360 g/mol. The molecule has 0 bridgehead atoms. The summed E-state index contributed by atoms with van der Waals surface area (Å²) in [6.45, 7) is 6.34. The molecule has 1 aliphatic rings. The Balaban J connectivity index is 1.66. The molecule has 0 radical (unpaired) electrons. The van der Waals surface area contributed by atoms with E-state index in [0.717, 1.165) is 0 Å². The van der Waals surface area contributed by atoms with Gasteiger partial charge in [-0.3, -0.25) is 9.36 Å². The first kappa shape index (κ1) is 19.6. The van der Waals surface area contributed by atoms with Crippen molar-refractivity contribution in [2.24, 2.45) is 0 Å². The van der Waals surface area contributed by atoms with E-state index in [2.05, 4.69) is 10.3 Å². The van der Waals surface area contributed by atoms with Gasteiger partial charge in [0.1, 0.15) is 11.4 Å². The van der Waals surface area contributed by atoms with Gasteiger partial charge in [-0.1, -0.05) is 18.2 Å². The summed E-state index contributed by atoms with van der Waals surface area (Å²) in [4.78, 5) is 42.3. The van der Waals surface area contributed by atoms with Crippen molar-refractivity contribution in [1.29, 1.82) is 0 Å². The van der Waals surface area contributed by atoms with Crippen molar-refractivity contribution in [3.63, 3.8) is 0 Å². The summed E-state index contributed by atoms with van der Waals surface area (Å²) in [6, 6.07) is 10.1. The van der Waals surface area contributed by atoms with Gasteiger partial charge in [0.15, 0.2) is 0 Å². The Labute approximate surface area is 163 Å². The van der Waals surface area contributed by atoms with E-state index < -0.39 is 11.3 Å². The highest BCUT2D eigenvalue weighted by atomic mass is 16.6. The molecule has 8 heteroatoms. The van der Waals surface area contributed by atoms with E-state index in [0.29, 0.717) is 25.1 Å². The standard InChI is InChI=1S/C20H24N4O4/c1-20(2,3)28-19(27)23-11-9-15(13-23)24-12-10-16(22-18(24)26)21-17(25)14-7-5-4-6-8-14/h4-8,10,12,15H,9,11,13H2,1-3H3,(H,21,22,25,26)/t15-/m0/s1. The van der Waals surface area contributed by atoms with Crippen molar-refractivity contribution in [2.45, 2.75) is 38.8 Å². The normalized spacial score (nSPS) is 16.7. The lowest BCUT2D eigenvalue weighted by molar-refractivity contribution is 0.0288. The van der Waals surface area contributed by atoms with Crippen LogP contribution in [-0.2, 0) is 4.74 Å². The van der Waals surface area contributed by atoms with E-state index in [1.807, 2.05) is 26.8 Å². The third kappa shape index (κ3) is 4.76. The summed E-state index contributed by atoms with van der Waals surface area (Å²) in [7, 11) is 0. The zero-order chi connectivity index (χ0) is 20.3. The van der Waals surface area contributed by atoms with Gasteiger partial charge < -0.3 is 15.0 Å². The number of carbonyl (C=O) groups is 2. The van der Waals surface area contributed by atoms with Gasteiger partial charge in [-0.05, 0) is 45.4 Å². The summed E-state index contributed by atoms with van der Waals surface area (Å²) in [5.74, 6) is -0.140. The van der Waals surface area contributed by atoms with Crippen LogP contribution in [0.5, 0.6) is 0 Å². The van der Waals surface area contributed by atoms with E-state index in [9.17, 15) is 14.4 Å². The summed E-state index contributed by atoms with van der Waals surface area (Å²) < 4.78 is 6.87. The van der Waals surface area contributed by atoms with Gasteiger partial charge in [0, 0.05) is 24.8 Å². The predicted molar refractivity (Wildman–Crippen MR) is 104 cm³/mol. The van der Waals surface area contributed by atoms with E-state index >= 15 is 0 Å². The van der Waals surface area contributed by atoms with E-state index in [1.165, 1.54) is 4.57 Å². The fraction of sp³-hybridized carbons (Fsp3) is 0.400. The number of amides is 2. The van der Waals surface area contributed by atoms with Crippen molar-refractivity contribution in [3.8, 4) is 0 Å². The van der Waals surface area contributed by atoms with Crippen LogP contribution in [0.25, 0.3) is 0 Å². The molecule has 0 spiro atoms. The van der Waals surface area contributed by atoms with Gasteiger partial charge in [0.2, 0.25) is 0 Å². The van der Waals surface area contributed by atoms with Gasteiger partial charge in [-0.2, -0.15) is 4.98 Å². The highest BCUT2D eigenvalue weighted by Crippen LogP contribution is 2.22. The Morgan fingerprint density at radius 1 is 1.18 bits per heavy atom. The molecule has 1 N–H and O–H groups in total. The fourth-order valence-corrected chi connectivity index (χ4v) is 3.00. The Bertz CT molecular complexity index is 918. The molecule has 1 atom stereocenters. The minimum Gasteiger partial charge on any atom is -0.444 e. The molecular formula is C20H24N4O4. The summed E-state index contributed by atoms with van der Waals surface area (Å²) in [5, 5.41) is 2.62. The molecule has 1 aliphatic heterocycles. The molecule has 0 unspecified atom stereocenters. The van der Waals surface area contributed by atoms with Crippen molar-refractivity contribution < 1.29 is 14.3 Å². The largest absolute Gasteiger partial charge is 0.444 e. The molecule has 28 heavy (non-hydrogen) atoms. The molecule has 8 nitrogen and oxygen atoms in total. The molecule has 0 saturated carbocycles. The number of anilines is 1. The molecule has 1 saturated heterocycles. The average Bonchev–Trinajstić information content (AvgIpc) is 3.11. The minimum absolute atomic E-state index is 0.175. The maximum Gasteiger partial charge on any atom is 0.410 e. The van der Waals surface area contributed by atoms with Crippen molar-refractivity contribution >= 4 is 17.8 Å². The van der Waals surface area contributed by atoms with Crippen LogP contribution in [0.4, 0.5) is 10.6 Å². The smallest absolute Gasteiger partial charge is 0.410 e. The minimum atomic E-state index is -0.563. The molecule has 0 aliphatic carbocycles. The molecule has 2 heterocycles. The van der Waals surface area contributed by atoms with E-state index in [4.69, 9.17) is 4.74 Å². The van der Waals surface area contributed by atoms with Gasteiger partial charge in [-0.25, -0.2) is 9.59 Å². The second-order valence-corrected chi connectivity index (χ2v) is 7.69. The van der Waals surface area contributed by atoms with Crippen LogP contribution in [-0.4, -0.2) is 45.1 Å². The van der Waals surface area contributed by atoms with Crippen LogP contribution in [0.3, 0.4) is 0 Å². The highest BCUT2D eigenvalue weighted by Gasteiger charge is 2.31. The van der Waals surface area contributed by atoms with Crippen LogP contribution in [0.15, 0.2) is 47.4 Å². The van der Waals surface area contributed by atoms with Crippen molar-refractivity contribution in [2.75, 3.05) is 18.4 Å². The van der Waals surface area contributed by atoms with Crippen LogP contribution in [0.2, 0.25) is 0 Å². The fourth-order valence-electron chi connectivity index (χ4n) is 3.00. The number of rotatable bonds is 3. The number of ether oxygens (including phenoxy) is 1. The first-order valence-electron chi connectivity index (χ1n) is 9.16. The van der Waals surface area contributed by atoms with Crippen LogP contribution in [0.1, 0.15) is 43.6 Å². The van der Waals surface area contributed by atoms with Crippen LogP contribution < -0.4 is 11.0 Å². The van der Waals surface area contributed by atoms with E-state index in [1.54, 1.807) is 41.4 Å². The van der Waals surface area contributed by atoms with Gasteiger partial charge in [-0.15, -0.1) is 0 Å². The van der Waals surface area contributed by atoms with Crippen molar-refractivity contribution in [3.05, 3.63) is 58.6 Å². The molecule has 148 valence electrons. The van der Waals surface area contributed by atoms with Gasteiger partial charge in [0.25, 0.3) is 5.91 Å². The zero-order valence-corrected chi connectivity index (χ0v) is 16.2. The maximum atomic E-state index is 12.4. The molecule has 2 aromatic rings. The number of hydrogen-bond donors (Lipinski definition) is 1. The lowest BCUT2D eigenvalue weighted by Crippen LogP contribution is -2.36. The van der Waals surface area contributed by atoms with Crippen LogP contribution in [0, 0.1) is 0 Å². The Kier molecular flexibility index (Phi) is 5.48. The van der Waals surface area contributed by atoms with E-state index in [-0.39, 0.29) is 23.9 Å². The number of nitrogens with one attached hydrogen (secondary N) is 1. The molecule has 1 aromatic carbocycles. The number of hydrogen-bond acceptors (Lipinski definition) is 5. The molecule has 3 rings (SSSR count). The maximum absolute atomic E-state index is 12.4. The quantitative estimate of drug-likeness (QED) is 0.878. The number of aromatic nitrogens is 2. The topological polar surface area (TPSA) is 93.5 Å². The second kappa shape index (κ2) is 7.84. The second-order valence-electron chi connectivity index (χ2n) is 7.69. The number of nitrogens with zero attached hydrogens (tertiary/aromatic N) is 3. The van der Waals surface area contributed by atoms with Gasteiger partial charge >= 0.3 is 11.8 Å². The van der Waals surface area contributed by atoms with Crippen LogP contribution >= 0.6 is 0 Å². The Hall–Kier alpha value is -3.16. The first-order chi connectivity index (χ1) is 13.2. The Morgan fingerprint density at radius 3 is 2.54 bits per heavy atom. The predicted octanol–water partition coefficient (Wildman–Crippen LogP) is 2.68. The lowest BCUT2D eigenvalue weighted by atomic mass is 10.2. The first-order valence-corrected chi connectivity index (χ1v) is 9.16. The zero-order valence-electron chi connectivity index (χ0n) is 16.2. The average molecular weight is 384 g/mol. The molecule has 1 fully saturated rings. The third-order valence-electron chi connectivity index (χ3n) is 4.32. The number of benzene rings is 1.